The van der Waals surface area contributed by atoms with Crippen molar-refractivity contribution < 1.29 is 38.6 Å². The lowest BCUT2D eigenvalue weighted by Gasteiger charge is -2.26. The van der Waals surface area contributed by atoms with E-state index in [4.69, 9.17) is 9.84 Å². The molecule has 0 spiro atoms. The Labute approximate surface area is 313 Å². The molecule has 1 heterocycles. The first-order valence-corrected chi connectivity index (χ1v) is 18.6. The van der Waals surface area contributed by atoms with Crippen molar-refractivity contribution in [2.45, 2.75) is 97.2 Å². The van der Waals surface area contributed by atoms with E-state index in [9.17, 15) is 28.8 Å². The van der Waals surface area contributed by atoms with E-state index >= 15 is 0 Å². The van der Waals surface area contributed by atoms with Crippen LogP contribution in [0.25, 0.3) is 0 Å². The molecule has 4 amide bonds. The number of carbonyl (C=O) groups is 6. The Bertz CT molecular complexity index is 1530. The molecule has 0 aliphatic carbocycles. The fourth-order valence-corrected chi connectivity index (χ4v) is 6.14. The second kappa shape index (κ2) is 21.8. The zero-order valence-electron chi connectivity index (χ0n) is 31.6. The number of nitrogens with zero attached hydrogens (tertiary/aromatic N) is 1. The Morgan fingerprint density at radius 3 is 2.36 bits per heavy atom. The number of ketones is 2. The predicted octanol–water partition coefficient (Wildman–Crippen LogP) is 2.79. The summed E-state index contributed by atoms with van der Waals surface area (Å²) in [6, 6.07) is 13.7. The Kier molecular flexibility index (Phi) is 17.6. The molecule has 0 radical (unpaired) electrons. The number of hydrogen-bond donors (Lipinski definition) is 5. The molecule has 1 aliphatic heterocycles. The number of benzene rings is 2. The van der Waals surface area contributed by atoms with Gasteiger partial charge in [0.05, 0.1) is 38.7 Å². The van der Waals surface area contributed by atoms with Crippen LogP contribution in [-0.2, 0) is 35.2 Å². The molecule has 1 saturated heterocycles. The monoisotopic (exact) mass is 735 g/mol. The van der Waals surface area contributed by atoms with Crippen LogP contribution in [0.4, 0.5) is 0 Å². The highest BCUT2D eigenvalue weighted by Gasteiger charge is 2.35. The number of carbonyl (C=O) groups excluding carboxylic acids is 6. The van der Waals surface area contributed by atoms with Crippen LogP contribution >= 0.6 is 0 Å². The molecule has 0 aromatic heterocycles. The van der Waals surface area contributed by atoms with E-state index in [1.165, 1.54) is 4.90 Å². The fourth-order valence-electron chi connectivity index (χ4n) is 6.14. The molecule has 3 atom stereocenters. The van der Waals surface area contributed by atoms with E-state index in [0.29, 0.717) is 63.0 Å². The minimum atomic E-state index is -0.819. The Morgan fingerprint density at radius 1 is 0.906 bits per heavy atom. The molecule has 3 rings (SSSR count). The van der Waals surface area contributed by atoms with Crippen molar-refractivity contribution in [3.8, 4) is 5.75 Å². The molecule has 1 fully saturated rings. The van der Waals surface area contributed by atoms with Gasteiger partial charge in [0.25, 0.3) is 0 Å². The van der Waals surface area contributed by atoms with Crippen LogP contribution in [-0.4, -0.2) is 96.7 Å². The first-order chi connectivity index (χ1) is 25.3. The second-order valence-corrected chi connectivity index (χ2v) is 14.7. The standard InChI is InChI=1S/C40H57N5O8/c1-5-13-31(34(48)25-41-26-36(50)44-38(29-15-7-6-8-16-29)33(47)24-40(2,3)4)43-39(52)32-18-12-19-45(32)37(51)27-42-35(49)23-28-14-11-17-30(22-28)53-21-10-9-20-46/h6-8,11,14-17,22,31-32,38,41,46H,5,9-10,12-13,18-21,23-27H2,1-4H3,(H,42,49)(H,43,52)(H,44,50). The van der Waals surface area contributed by atoms with Crippen molar-refractivity contribution in [3.05, 3.63) is 65.7 Å². The fraction of sp³-hybridized carbons (Fsp3) is 0.550. The van der Waals surface area contributed by atoms with E-state index in [1.807, 2.05) is 33.8 Å². The van der Waals surface area contributed by atoms with Gasteiger partial charge in [-0.1, -0.05) is 76.6 Å². The third-order valence-electron chi connectivity index (χ3n) is 8.73. The van der Waals surface area contributed by atoms with Gasteiger partial charge in [-0.3, -0.25) is 28.8 Å². The maximum atomic E-state index is 13.4. The van der Waals surface area contributed by atoms with Crippen LogP contribution in [0.3, 0.4) is 0 Å². The summed E-state index contributed by atoms with van der Waals surface area (Å²) in [4.78, 5) is 79.8. The molecule has 2 aromatic rings. The van der Waals surface area contributed by atoms with Crippen molar-refractivity contribution in [2.75, 3.05) is 39.4 Å². The molecule has 0 bridgehead atoms. The van der Waals surface area contributed by atoms with Crippen LogP contribution in [0.2, 0.25) is 0 Å². The van der Waals surface area contributed by atoms with Crippen LogP contribution in [0.5, 0.6) is 5.75 Å². The minimum absolute atomic E-state index is 0.0461. The highest BCUT2D eigenvalue weighted by molar-refractivity contribution is 5.95. The number of hydrogen-bond acceptors (Lipinski definition) is 9. The summed E-state index contributed by atoms with van der Waals surface area (Å²) in [6.45, 7) is 8.03. The van der Waals surface area contributed by atoms with E-state index in [0.717, 1.165) is 5.56 Å². The molecule has 0 saturated carbocycles. The summed E-state index contributed by atoms with van der Waals surface area (Å²) < 4.78 is 5.67. The second-order valence-electron chi connectivity index (χ2n) is 14.7. The van der Waals surface area contributed by atoms with Crippen LogP contribution < -0.4 is 26.0 Å². The lowest BCUT2D eigenvalue weighted by molar-refractivity contribution is -0.139. The molecule has 5 N–H and O–H groups in total. The summed E-state index contributed by atoms with van der Waals surface area (Å²) >= 11 is 0. The van der Waals surface area contributed by atoms with Gasteiger partial charge < -0.3 is 36.0 Å². The van der Waals surface area contributed by atoms with E-state index in [1.54, 1.807) is 48.5 Å². The highest BCUT2D eigenvalue weighted by atomic mass is 16.5. The smallest absolute Gasteiger partial charge is 0.243 e. The van der Waals surface area contributed by atoms with Crippen LogP contribution in [0.1, 0.15) is 89.8 Å². The molecule has 13 nitrogen and oxygen atoms in total. The average molecular weight is 736 g/mol. The van der Waals surface area contributed by atoms with Crippen molar-refractivity contribution in [3.63, 3.8) is 0 Å². The van der Waals surface area contributed by atoms with Crippen molar-refractivity contribution >= 4 is 35.2 Å². The molecule has 290 valence electrons. The van der Waals surface area contributed by atoms with Crippen molar-refractivity contribution in [1.82, 2.24) is 26.2 Å². The average Bonchev–Trinajstić information content (AvgIpc) is 3.62. The lowest BCUT2D eigenvalue weighted by Crippen LogP contribution is -2.53. The van der Waals surface area contributed by atoms with Gasteiger partial charge in [0.1, 0.15) is 17.8 Å². The Morgan fingerprint density at radius 2 is 1.66 bits per heavy atom. The van der Waals surface area contributed by atoms with Gasteiger partial charge in [0.15, 0.2) is 11.6 Å². The van der Waals surface area contributed by atoms with Crippen molar-refractivity contribution in [2.24, 2.45) is 5.41 Å². The predicted molar refractivity (Wildman–Crippen MR) is 201 cm³/mol. The molecular formula is C40H57N5O8. The van der Waals surface area contributed by atoms with Gasteiger partial charge in [0, 0.05) is 19.6 Å². The highest BCUT2D eigenvalue weighted by Crippen LogP contribution is 2.25. The molecule has 53 heavy (non-hydrogen) atoms. The number of amides is 4. The Balaban J connectivity index is 1.48. The third-order valence-corrected chi connectivity index (χ3v) is 8.73. The summed E-state index contributed by atoms with van der Waals surface area (Å²) in [5.41, 5.74) is 1.14. The third kappa shape index (κ3) is 15.1. The maximum absolute atomic E-state index is 13.4. The number of ether oxygens (including phenoxy) is 1. The summed E-state index contributed by atoms with van der Waals surface area (Å²) in [6.07, 6.45) is 3.70. The first-order valence-electron chi connectivity index (χ1n) is 18.6. The normalized spacial score (nSPS) is 15.3. The number of unbranched alkanes of at least 4 members (excludes halogenated alkanes) is 1. The van der Waals surface area contributed by atoms with Crippen molar-refractivity contribution in [1.29, 1.82) is 0 Å². The van der Waals surface area contributed by atoms with Gasteiger partial charge in [-0.2, -0.15) is 0 Å². The van der Waals surface area contributed by atoms with Crippen LogP contribution in [0, 0.1) is 5.41 Å². The molecule has 3 unspecified atom stereocenters. The Hall–Kier alpha value is -4.62. The topological polar surface area (TPSA) is 183 Å². The molecule has 2 aromatic carbocycles. The van der Waals surface area contributed by atoms with Gasteiger partial charge in [0.2, 0.25) is 23.6 Å². The SMILES string of the molecule is CCCC(NC(=O)C1CCCN1C(=O)CNC(=O)Cc1cccc(OCCCCO)c1)C(=O)CNCC(=O)NC(C(=O)CC(C)(C)C)c1ccccc1. The largest absolute Gasteiger partial charge is 0.494 e. The van der Waals surface area contributed by atoms with Gasteiger partial charge in [-0.15, -0.1) is 0 Å². The van der Waals surface area contributed by atoms with E-state index < -0.39 is 35.8 Å². The van der Waals surface area contributed by atoms with Crippen LogP contribution in [0.15, 0.2) is 54.6 Å². The van der Waals surface area contributed by atoms with E-state index in [2.05, 4.69) is 21.3 Å². The zero-order valence-corrected chi connectivity index (χ0v) is 31.6. The summed E-state index contributed by atoms with van der Waals surface area (Å²) in [7, 11) is 0. The van der Waals surface area contributed by atoms with Gasteiger partial charge in [-0.05, 0) is 60.8 Å². The molecular weight excluding hydrogens is 678 g/mol. The minimum Gasteiger partial charge on any atom is -0.494 e. The van der Waals surface area contributed by atoms with E-state index in [-0.39, 0.29) is 62.0 Å². The number of nitrogens with one attached hydrogen (secondary N) is 4. The quantitative estimate of drug-likeness (QED) is 0.114. The van der Waals surface area contributed by atoms with Gasteiger partial charge in [-0.25, -0.2) is 0 Å². The summed E-state index contributed by atoms with van der Waals surface area (Å²) in [5, 5.41) is 20.0. The maximum Gasteiger partial charge on any atom is 0.243 e. The molecule has 13 heteroatoms. The number of likely N-dealkylation sites (tertiary alicyclic amines) is 1. The zero-order chi connectivity index (χ0) is 38.8. The first kappa shape index (κ1) is 42.8. The number of aliphatic hydroxyl groups excluding tert-OH is 1. The molecule has 1 aliphatic rings. The number of Topliss-reactive ketones (excluding diaryl/α,β-unsaturated/α-hetero) is 2. The van der Waals surface area contributed by atoms with Gasteiger partial charge >= 0.3 is 0 Å². The number of aliphatic hydroxyl groups is 1. The summed E-state index contributed by atoms with van der Waals surface area (Å²) in [5.74, 6) is -1.42. The number of rotatable bonds is 22. The lowest BCUT2D eigenvalue weighted by atomic mass is 9.86.